The van der Waals surface area contributed by atoms with Gasteiger partial charge in [-0.1, -0.05) is 13.0 Å². The van der Waals surface area contributed by atoms with E-state index < -0.39 is 0 Å². The second kappa shape index (κ2) is 2.70. The van der Waals surface area contributed by atoms with Gasteiger partial charge in [0.15, 0.2) is 6.79 Å². The molecular formula is C9H12O2. The SMILES string of the molecule is CC1C=C2OCOCC2=CC1. The van der Waals surface area contributed by atoms with E-state index in [1.54, 1.807) is 0 Å². The second-order valence-corrected chi connectivity index (χ2v) is 3.08. The van der Waals surface area contributed by atoms with Crippen molar-refractivity contribution in [3.05, 3.63) is 23.5 Å². The third kappa shape index (κ3) is 1.31. The van der Waals surface area contributed by atoms with E-state index in [2.05, 4.69) is 19.1 Å². The smallest absolute Gasteiger partial charge is 0.189 e. The van der Waals surface area contributed by atoms with Crippen LogP contribution in [0.25, 0.3) is 0 Å². The maximum absolute atomic E-state index is 5.32. The Hall–Kier alpha value is -0.760. The second-order valence-electron chi connectivity index (χ2n) is 3.08. The first-order chi connectivity index (χ1) is 5.36. The van der Waals surface area contributed by atoms with Crippen molar-refractivity contribution in [3.8, 4) is 0 Å². The first-order valence-corrected chi connectivity index (χ1v) is 3.98. The number of rotatable bonds is 0. The zero-order valence-electron chi connectivity index (χ0n) is 6.67. The molecule has 2 heteroatoms. The summed E-state index contributed by atoms with van der Waals surface area (Å²) < 4.78 is 10.5. The van der Waals surface area contributed by atoms with E-state index in [9.17, 15) is 0 Å². The van der Waals surface area contributed by atoms with Crippen LogP contribution in [0.15, 0.2) is 23.5 Å². The van der Waals surface area contributed by atoms with Crippen LogP contribution in [0.1, 0.15) is 13.3 Å². The number of hydrogen-bond donors (Lipinski definition) is 0. The molecule has 1 aliphatic carbocycles. The minimum absolute atomic E-state index is 0.413. The molecule has 11 heavy (non-hydrogen) atoms. The van der Waals surface area contributed by atoms with E-state index in [1.807, 2.05) is 0 Å². The van der Waals surface area contributed by atoms with Gasteiger partial charge in [0.1, 0.15) is 5.76 Å². The Bertz CT molecular complexity index is 216. The van der Waals surface area contributed by atoms with Crippen molar-refractivity contribution in [1.29, 1.82) is 0 Å². The normalized spacial score (nSPS) is 29.7. The molecule has 1 fully saturated rings. The molecule has 0 aromatic carbocycles. The average molecular weight is 152 g/mol. The predicted octanol–water partition coefficient (Wildman–Crippen LogP) is 1.84. The lowest BCUT2D eigenvalue weighted by atomic mass is 9.97. The van der Waals surface area contributed by atoms with Gasteiger partial charge in [0, 0.05) is 5.57 Å². The lowest BCUT2D eigenvalue weighted by molar-refractivity contribution is -0.0384. The third-order valence-electron chi connectivity index (χ3n) is 2.04. The molecule has 0 bridgehead atoms. The molecule has 0 N–H and O–H groups in total. The van der Waals surface area contributed by atoms with E-state index in [0.29, 0.717) is 12.7 Å². The minimum Gasteiger partial charge on any atom is -0.468 e. The average Bonchev–Trinajstić information content (AvgIpc) is 2.04. The van der Waals surface area contributed by atoms with Crippen LogP contribution in [0, 0.1) is 5.92 Å². The summed E-state index contributed by atoms with van der Waals surface area (Å²) in [4.78, 5) is 0. The fourth-order valence-electron chi connectivity index (χ4n) is 1.39. The van der Waals surface area contributed by atoms with E-state index in [-0.39, 0.29) is 0 Å². The van der Waals surface area contributed by atoms with E-state index >= 15 is 0 Å². The number of fused-ring (bicyclic) bond motifs is 1. The first-order valence-electron chi connectivity index (χ1n) is 3.98. The van der Waals surface area contributed by atoms with Gasteiger partial charge in [-0.3, -0.25) is 0 Å². The molecule has 1 atom stereocenters. The third-order valence-corrected chi connectivity index (χ3v) is 2.04. The molecule has 2 nitrogen and oxygen atoms in total. The summed E-state index contributed by atoms with van der Waals surface area (Å²) in [5, 5.41) is 0. The molecule has 1 heterocycles. The van der Waals surface area contributed by atoms with Gasteiger partial charge in [0.05, 0.1) is 6.61 Å². The number of allylic oxidation sites excluding steroid dienone is 2. The molecule has 1 unspecified atom stereocenters. The van der Waals surface area contributed by atoms with Crippen LogP contribution in [0.3, 0.4) is 0 Å². The Morgan fingerprint density at radius 3 is 3.36 bits per heavy atom. The predicted molar refractivity (Wildman–Crippen MR) is 41.9 cm³/mol. The molecule has 1 aliphatic heterocycles. The highest BCUT2D eigenvalue weighted by molar-refractivity contribution is 5.31. The molecule has 60 valence electrons. The summed E-state index contributed by atoms with van der Waals surface area (Å²) in [5.74, 6) is 1.65. The topological polar surface area (TPSA) is 18.5 Å². The summed E-state index contributed by atoms with van der Waals surface area (Å²) >= 11 is 0. The Morgan fingerprint density at radius 1 is 1.55 bits per heavy atom. The van der Waals surface area contributed by atoms with Gasteiger partial charge < -0.3 is 9.47 Å². The minimum atomic E-state index is 0.413. The van der Waals surface area contributed by atoms with Crippen LogP contribution in [-0.4, -0.2) is 13.4 Å². The van der Waals surface area contributed by atoms with Crippen molar-refractivity contribution < 1.29 is 9.47 Å². The number of ether oxygens (including phenoxy) is 2. The summed E-state index contributed by atoms with van der Waals surface area (Å²) in [7, 11) is 0. The summed E-state index contributed by atoms with van der Waals surface area (Å²) in [5.41, 5.74) is 1.22. The van der Waals surface area contributed by atoms with E-state index in [0.717, 1.165) is 18.8 Å². The zero-order chi connectivity index (χ0) is 7.68. The van der Waals surface area contributed by atoms with Crippen LogP contribution in [0.2, 0.25) is 0 Å². The zero-order valence-corrected chi connectivity index (χ0v) is 6.67. The van der Waals surface area contributed by atoms with E-state index in [4.69, 9.17) is 9.47 Å². The highest BCUT2D eigenvalue weighted by Crippen LogP contribution is 2.26. The van der Waals surface area contributed by atoms with Crippen molar-refractivity contribution in [3.63, 3.8) is 0 Å². The van der Waals surface area contributed by atoms with Crippen molar-refractivity contribution >= 4 is 0 Å². The molecule has 2 aliphatic rings. The molecule has 0 saturated carbocycles. The first kappa shape index (κ1) is 6.92. The molecular weight excluding hydrogens is 140 g/mol. The maximum atomic E-state index is 5.32. The van der Waals surface area contributed by atoms with Crippen molar-refractivity contribution in [1.82, 2.24) is 0 Å². The molecule has 0 radical (unpaired) electrons. The van der Waals surface area contributed by atoms with Gasteiger partial charge in [0.25, 0.3) is 0 Å². The fraction of sp³-hybridized carbons (Fsp3) is 0.556. The lowest BCUT2D eigenvalue weighted by Gasteiger charge is -2.24. The Balaban J connectivity index is 2.19. The lowest BCUT2D eigenvalue weighted by Crippen LogP contribution is -2.17. The van der Waals surface area contributed by atoms with Gasteiger partial charge in [-0.2, -0.15) is 0 Å². The summed E-state index contributed by atoms with van der Waals surface area (Å²) in [6, 6.07) is 0. The van der Waals surface area contributed by atoms with Crippen molar-refractivity contribution in [2.75, 3.05) is 13.4 Å². The Kier molecular flexibility index (Phi) is 1.70. The van der Waals surface area contributed by atoms with Crippen LogP contribution in [0.5, 0.6) is 0 Å². The number of hydrogen-bond acceptors (Lipinski definition) is 2. The largest absolute Gasteiger partial charge is 0.468 e. The van der Waals surface area contributed by atoms with Crippen molar-refractivity contribution in [2.24, 2.45) is 5.92 Å². The Labute approximate surface area is 66.5 Å². The molecule has 2 rings (SSSR count). The highest BCUT2D eigenvalue weighted by atomic mass is 16.7. The van der Waals surface area contributed by atoms with Crippen LogP contribution < -0.4 is 0 Å². The molecule has 0 amide bonds. The Morgan fingerprint density at radius 2 is 2.45 bits per heavy atom. The molecule has 1 saturated heterocycles. The molecule has 0 spiro atoms. The van der Waals surface area contributed by atoms with Gasteiger partial charge in [-0.05, 0) is 18.4 Å². The van der Waals surface area contributed by atoms with Gasteiger partial charge in [0.2, 0.25) is 0 Å². The van der Waals surface area contributed by atoms with Gasteiger partial charge in [-0.25, -0.2) is 0 Å². The van der Waals surface area contributed by atoms with Gasteiger partial charge in [-0.15, -0.1) is 0 Å². The van der Waals surface area contributed by atoms with E-state index in [1.165, 1.54) is 5.57 Å². The maximum Gasteiger partial charge on any atom is 0.189 e. The molecule has 0 aromatic rings. The van der Waals surface area contributed by atoms with Crippen molar-refractivity contribution in [2.45, 2.75) is 13.3 Å². The van der Waals surface area contributed by atoms with Crippen LogP contribution >= 0.6 is 0 Å². The summed E-state index contributed by atoms with van der Waals surface area (Å²) in [6.45, 7) is 3.33. The monoisotopic (exact) mass is 152 g/mol. The standard InChI is InChI=1S/C9H12O2/c1-7-2-3-8-5-10-6-11-9(8)4-7/h3-4,7H,2,5-6H2,1H3. The fourth-order valence-corrected chi connectivity index (χ4v) is 1.39. The van der Waals surface area contributed by atoms with Gasteiger partial charge >= 0.3 is 0 Å². The quantitative estimate of drug-likeness (QED) is 0.527. The van der Waals surface area contributed by atoms with Crippen LogP contribution in [0.4, 0.5) is 0 Å². The highest BCUT2D eigenvalue weighted by Gasteiger charge is 2.17. The molecule has 0 aromatic heterocycles. The van der Waals surface area contributed by atoms with Crippen LogP contribution in [-0.2, 0) is 9.47 Å². The summed E-state index contributed by atoms with van der Waals surface area (Å²) in [6.07, 6.45) is 5.50.